The molecule has 0 aromatic rings. The van der Waals surface area contributed by atoms with Gasteiger partial charge in [0.2, 0.25) is 0 Å². The van der Waals surface area contributed by atoms with E-state index >= 15 is 0 Å². The summed E-state index contributed by atoms with van der Waals surface area (Å²) in [6.45, 7) is 7.34. The van der Waals surface area contributed by atoms with E-state index in [1.165, 1.54) is 12.8 Å². The highest BCUT2D eigenvalue weighted by Gasteiger charge is 2.59. The molecule has 4 atom stereocenters. The highest BCUT2D eigenvalue weighted by atomic mass is 28.3. The van der Waals surface area contributed by atoms with Crippen LogP contribution in [0.25, 0.3) is 0 Å². The third kappa shape index (κ3) is 1.25. The van der Waals surface area contributed by atoms with Gasteiger partial charge in [-0.1, -0.05) is 26.1 Å². The Balaban J connectivity index is 2.05. The molecule has 2 aliphatic carbocycles. The molecule has 0 unspecified atom stereocenters. The maximum Gasteiger partial charge on any atom is 0.0571 e. The number of hydrogen-bond donors (Lipinski definition) is 1. The predicted molar refractivity (Wildman–Crippen MR) is 53.9 cm³/mol. The molecule has 0 saturated heterocycles. The van der Waals surface area contributed by atoms with E-state index in [2.05, 4.69) is 19.6 Å². The highest BCUT2D eigenvalue weighted by Crippen LogP contribution is 2.64. The smallest absolute Gasteiger partial charge is 0.0571 e. The standard InChI is InChI=1S/C10H20OSi/c1-12(2,3)10-7-5-4-6-8(11)9(7)10/h7-11H,4-6H2,1-3H3/t7-,8+,9-,10+/m0/s1. The van der Waals surface area contributed by atoms with Gasteiger partial charge in [-0.2, -0.15) is 0 Å². The van der Waals surface area contributed by atoms with Crippen molar-refractivity contribution in [3.8, 4) is 0 Å². The van der Waals surface area contributed by atoms with E-state index in [1.807, 2.05) is 0 Å². The number of fused-ring (bicyclic) bond motifs is 1. The molecule has 0 radical (unpaired) electrons. The molecule has 1 nitrogen and oxygen atoms in total. The lowest BCUT2D eigenvalue weighted by Gasteiger charge is -2.17. The van der Waals surface area contributed by atoms with Gasteiger partial charge in [0.15, 0.2) is 0 Å². The molecular weight excluding hydrogens is 164 g/mol. The number of rotatable bonds is 1. The summed E-state index contributed by atoms with van der Waals surface area (Å²) in [5.41, 5.74) is 0.940. The van der Waals surface area contributed by atoms with Crippen LogP contribution in [0.1, 0.15) is 19.3 Å². The van der Waals surface area contributed by atoms with Crippen molar-refractivity contribution < 1.29 is 5.11 Å². The normalized spacial score (nSPS) is 47.0. The van der Waals surface area contributed by atoms with Crippen molar-refractivity contribution in [1.29, 1.82) is 0 Å². The van der Waals surface area contributed by atoms with E-state index in [0.717, 1.165) is 17.9 Å². The van der Waals surface area contributed by atoms with Gasteiger partial charge in [0.25, 0.3) is 0 Å². The summed E-state index contributed by atoms with van der Waals surface area (Å²) in [6, 6.07) is 0. The summed E-state index contributed by atoms with van der Waals surface area (Å²) < 4.78 is 0. The van der Waals surface area contributed by atoms with E-state index in [-0.39, 0.29) is 6.10 Å². The lowest BCUT2D eigenvalue weighted by molar-refractivity contribution is 0.116. The molecule has 1 N–H and O–H groups in total. The van der Waals surface area contributed by atoms with Crippen molar-refractivity contribution in [2.24, 2.45) is 11.8 Å². The Hall–Kier alpha value is 0.177. The Morgan fingerprint density at radius 3 is 2.33 bits per heavy atom. The quantitative estimate of drug-likeness (QED) is 0.621. The maximum atomic E-state index is 9.78. The minimum atomic E-state index is -0.953. The molecule has 2 saturated carbocycles. The second-order valence-corrected chi connectivity index (χ2v) is 11.0. The molecule has 0 aromatic heterocycles. The summed E-state index contributed by atoms with van der Waals surface area (Å²) in [4.78, 5) is 0. The SMILES string of the molecule is C[Si](C)(C)[C@@H]1[C@H]2CCC[C@@H](O)[C@H]21. The van der Waals surface area contributed by atoms with E-state index in [9.17, 15) is 5.11 Å². The fourth-order valence-electron chi connectivity index (χ4n) is 3.27. The summed E-state index contributed by atoms with van der Waals surface area (Å²) >= 11 is 0. The Labute approximate surface area is 76.2 Å². The lowest BCUT2D eigenvalue weighted by atomic mass is 9.98. The average molecular weight is 184 g/mol. The van der Waals surface area contributed by atoms with Gasteiger partial charge >= 0.3 is 0 Å². The first-order chi connectivity index (χ1) is 5.52. The zero-order valence-corrected chi connectivity index (χ0v) is 9.38. The van der Waals surface area contributed by atoms with Gasteiger partial charge in [-0.25, -0.2) is 0 Å². The third-order valence-corrected chi connectivity index (χ3v) is 6.52. The van der Waals surface area contributed by atoms with Gasteiger partial charge in [-0.15, -0.1) is 0 Å². The molecule has 0 aromatic carbocycles. The van der Waals surface area contributed by atoms with E-state index in [0.29, 0.717) is 5.92 Å². The fraction of sp³-hybridized carbons (Fsp3) is 1.00. The van der Waals surface area contributed by atoms with E-state index < -0.39 is 8.07 Å². The van der Waals surface area contributed by atoms with Crippen molar-refractivity contribution >= 4 is 8.07 Å². The highest BCUT2D eigenvalue weighted by molar-refractivity contribution is 6.78. The Morgan fingerprint density at radius 2 is 1.83 bits per heavy atom. The first-order valence-corrected chi connectivity index (χ1v) is 8.77. The molecule has 0 spiro atoms. The molecule has 0 amide bonds. The van der Waals surface area contributed by atoms with Gasteiger partial charge in [-0.05, 0) is 30.2 Å². The molecule has 0 bridgehead atoms. The minimum Gasteiger partial charge on any atom is -0.393 e. The Kier molecular flexibility index (Phi) is 1.88. The lowest BCUT2D eigenvalue weighted by Crippen LogP contribution is -2.23. The van der Waals surface area contributed by atoms with Crippen LogP contribution in [0, 0.1) is 11.8 Å². The molecule has 2 rings (SSSR count). The minimum absolute atomic E-state index is 0.0560. The Bertz CT molecular complexity index is 185. The molecule has 12 heavy (non-hydrogen) atoms. The van der Waals surface area contributed by atoms with Crippen LogP contribution >= 0.6 is 0 Å². The van der Waals surface area contributed by atoms with Gasteiger partial charge in [-0.3, -0.25) is 0 Å². The number of hydrogen-bond acceptors (Lipinski definition) is 1. The summed E-state index contributed by atoms with van der Waals surface area (Å²) in [6.07, 6.45) is 3.79. The first kappa shape index (κ1) is 8.76. The molecule has 2 fully saturated rings. The monoisotopic (exact) mass is 184 g/mol. The Morgan fingerprint density at radius 1 is 1.17 bits per heavy atom. The topological polar surface area (TPSA) is 20.2 Å². The average Bonchev–Trinajstić information content (AvgIpc) is 2.60. The molecule has 0 heterocycles. The third-order valence-electron chi connectivity index (χ3n) is 3.71. The first-order valence-electron chi connectivity index (χ1n) is 5.20. The van der Waals surface area contributed by atoms with Gasteiger partial charge in [0, 0.05) is 8.07 Å². The van der Waals surface area contributed by atoms with Crippen LogP contribution in [0.3, 0.4) is 0 Å². The molecule has 70 valence electrons. The van der Waals surface area contributed by atoms with Crippen LogP contribution in [0.2, 0.25) is 25.2 Å². The van der Waals surface area contributed by atoms with Crippen molar-refractivity contribution in [2.45, 2.75) is 50.5 Å². The number of aliphatic hydroxyl groups excluding tert-OH is 1. The van der Waals surface area contributed by atoms with E-state index in [1.54, 1.807) is 0 Å². The molecular formula is C10H20OSi. The van der Waals surface area contributed by atoms with Crippen LogP contribution in [-0.2, 0) is 0 Å². The van der Waals surface area contributed by atoms with Crippen molar-refractivity contribution in [1.82, 2.24) is 0 Å². The van der Waals surface area contributed by atoms with Gasteiger partial charge < -0.3 is 5.11 Å². The fourth-order valence-corrected chi connectivity index (χ4v) is 6.46. The molecule has 0 aliphatic heterocycles. The zero-order chi connectivity index (χ0) is 8.93. The van der Waals surface area contributed by atoms with E-state index in [4.69, 9.17) is 0 Å². The molecule has 2 heteroatoms. The van der Waals surface area contributed by atoms with Crippen molar-refractivity contribution in [3.05, 3.63) is 0 Å². The van der Waals surface area contributed by atoms with Gasteiger partial charge in [0.05, 0.1) is 6.10 Å². The summed E-state index contributed by atoms with van der Waals surface area (Å²) in [5, 5.41) is 9.78. The van der Waals surface area contributed by atoms with Crippen LogP contribution < -0.4 is 0 Å². The predicted octanol–water partition coefficient (Wildman–Crippen LogP) is 2.49. The summed E-state index contributed by atoms with van der Waals surface area (Å²) in [7, 11) is -0.953. The van der Waals surface area contributed by atoms with Crippen molar-refractivity contribution in [2.75, 3.05) is 0 Å². The van der Waals surface area contributed by atoms with Gasteiger partial charge in [0.1, 0.15) is 0 Å². The van der Waals surface area contributed by atoms with Crippen molar-refractivity contribution in [3.63, 3.8) is 0 Å². The zero-order valence-electron chi connectivity index (χ0n) is 8.38. The second kappa shape index (κ2) is 2.58. The van der Waals surface area contributed by atoms with Crippen LogP contribution in [0.5, 0.6) is 0 Å². The molecule has 2 aliphatic rings. The van der Waals surface area contributed by atoms with Crippen LogP contribution in [-0.4, -0.2) is 19.3 Å². The largest absolute Gasteiger partial charge is 0.393 e. The summed E-state index contributed by atoms with van der Waals surface area (Å²) in [5.74, 6) is 1.63. The van der Waals surface area contributed by atoms with Crippen LogP contribution in [0.15, 0.2) is 0 Å². The van der Waals surface area contributed by atoms with Crippen LogP contribution in [0.4, 0.5) is 0 Å². The second-order valence-electron chi connectivity index (χ2n) is 5.63. The number of aliphatic hydroxyl groups is 1. The maximum absolute atomic E-state index is 9.78.